The molecule has 0 saturated heterocycles. The van der Waals surface area contributed by atoms with Crippen molar-refractivity contribution in [1.29, 1.82) is 0 Å². The Morgan fingerprint density at radius 3 is 2.59 bits per heavy atom. The highest BCUT2D eigenvalue weighted by molar-refractivity contribution is 5.78. The first-order valence-corrected chi connectivity index (χ1v) is 5.34. The van der Waals surface area contributed by atoms with Gasteiger partial charge in [-0.2, -0.15) is 0 Å². The van der Waals surface area contributed by atoms with E-state index in [-0.39, 0.29) is 0 Å². The molecule has 0 aliphatic rings. The van der Waals surface area contributed by atoms with E-state index in [2.05, 4.69) is 10.7 Å². The van der Waals surface area contributed by atoms with Gasteiger partial charge in [0.05, 0.1) is 7.11 Å². The van der Waals surface area contributed by atoms with E-state index in [1.54, 1.807) is 0 Å². The van der Waals surface area contributed by atoms with Crippen LogP contribution in [0.1, 0.15) is 25.0 Å². The molecule has 0 saturated carbocycles. The molecule has 1 rings (SSSR count). The maximum absolute atomic E-state index is 11.5. The van der Waals surface area contributed by atoms with Crippen LogP contribution in [0, 0.1) is 12.3 Å². The number of terminal acetylenes is 1. The number of esters is 1. The van der Waals surface area contributed by atoms with Gasteiger partial charge < -0.3 is 10.5 Å². The average molecular weight is 231 g/mol. The van der Waals surface area contributed by atoms with Crippen LogP contribution in [0.15, 0.2) is 24.3 Å². The fourth-order valence-corrected chi connectivity index (χ4v) is 1.76. The second kappa shape index (κ2) is 5.03. The Balaban J connectivity index is 3.22. The summed E-state index contributed by atoms with van der Waals surface area (Å²) in [6.07, 6.45) is 5.45. The molecule has 0 aliphatic carbocycles. The van der Waals surface area contributed by atoms with Crippen LogP contribution in [0.5, 0.6) is 0 Å². The molecule has 0 bridgehead atoms. The van der Waals surface area contributed by atoms with E-state index in [4.69, 9.17) is 12.2 Å². The normalized spacial score (nSPS) is 12.6. The first-order valence-electron chi connectivity index (χ1n) is 5.34. The summed E-state index contributed by atoms with van der Waals surface area (Å²) in [5.74, 6) is 2.16. The minimum atomic E-state index is -0.748. The summed E-state index contributed by atoms with van der Waals surface area (Å²) < 4.78 is 4.68. The maximum Gasteiger partial charge on any atom is 0.323 e. The predicted octanol–water partition coefficient (Wildman–Crippen LogP) is 1.45. The van der Waals surface area contributed by atoms with Crippen LogP contribution in [-0.4, -0.2) is 19.1 Å². The van der Waals surface area contributed by atoms with Gasteiger partial charge in [-0.3, -0.25) is 4.79 Å². The van der Waals surface area contributed by atoms with Crippen molar-refractivity contribution in [1.82, 2.24) is 0 Å². The zero-order chi connectivity index (χ0) is 13.1. The van der Waals surface area contributed by atoms with Crippen molar-refractivity contribution in [3.8, 4) is 12.3 Å². The molecule has 2 N–H and O–H groups in total. The molecular weight excluding hydrogens is 214 g/mol. The quantitative estimate of drug-likeness (QED) is 0.632. The molecule has 17 heavy (non-hydrogen) atoms. The highest BCUT2D eigenvalue weighted by atomic mass is 16.5. The number of hydrogen-bond acceptors (Lipinski definition) is 3. The minimum Gasteiger partial charge on any atom is -0.468 e. The zero-order valence-corrected chi connectivity index (χ0v) is 10.4. The van der Waals surface area contributed by atoms with Crippen LogP contribution in [0.25, 0.3) is 0 Å². The van der Waals surface area contributed by atoms with Crippen molar-refractivity contribution in [2.45, 2.75) is 25.3 Å². The van der Waals surface area contributed by atoms with Gasteiger partial charge in [-0.25, -0.2) is 0 Å². The minimum absolute atomic E-state index is 0.443. The Hall–Kier alpha value is -1.79. The molecule has 0 fully saturated rings. The van der Waals surface area contributed by atoms with Gasteiger partial charge in [0, 0.05) is 11.0 Å². The summed E-state index contributed by atoms with van der Waals surface area (Å²) >= 11 is 0. The summed E-state index contributed by atoms with van der Waals surface area (Å²) in [6, 6.07) is 6.71. The number of nitrogens with two attached hydrogens (primary N) is 1. The second-order valence-corrected chi connectivity index (χ2v) is 4.41. The number of hydrogen-bond donors (Lipinski definition) is 1. The van der Waals surface area contributed by atoms with Crippen molar-refractivity contribution in [2.75, 3.05) is 7.11 Å². The van der Waals surface area contributed by atoms with Crippen molar-refractivity contribution in [3.63, 3.8) is 0 Å². The maximum atomic E-state index is 11.5. The first-order chi connectivity index (χ1) is 7.95. The van der Waals surface area contributed by atoms with Gasteiger partial charge in [0.2, 0.25) is 0 Å². The van der Waals surface area contributed by atoms with Gasteiger partial charge in [-0.15, -0.1) is 6.42 Å². The van der Waals surface area contributed by atoms with Gasteiger partial charge in [0.15, 0.2) is 0 Å². The molecule has 3 heteroatoms. The third-order valence-corrected chi connectivity index (χ3v) is 3.01. The second-order valence-electron chi connectivity index (χ2n) is 4.41. The summed E-state index contributed by atoms with van der Waals surface area (Å²) in [6.45, 7) is 3.76. The van der Waals surface area contributed by atoms with Crippen LogP contribution in [0.3, 0.4) is 0 Å². The standard InChI is InChI=1S/C14H17NO2/c1-5-10-8-6-7-9-11(10)14(2,3)12(15)13(16)17-4/h1,6-9,12H,15H2,2-4H3. The number of methoxy groups -OCH3 is 1. The van der Waals surface area contributed by atoms with Crippen molar-refractivity contribution in [3.05, 3.63) is 35.4 Å². The summed E-state index contributed by atoms with van der Waals surface area (Å²) in [5, 5.41) is 0. The lowest BCUT2D eigenvalue weighted by Crippen LogP contribution is -2.47. The summed E-state index contributed by atoms with van der Waals surface area (Å²) in [5.41, 5.74) is 6.97. The molecule has 0 heterocycles. The van der Waals surface area contributed by atoms with Crippen LogP contribution in [-0.2, 0) is 14.9 Å². The van der Waals surface area contributed by atoms with Gasteiger partial charge >= 0.3 is 5.97 Å². The number of carbonyl (C=O) groups is 1. The molecular formula is C14H17NO2. The Morgan fingerprint density at radius 2 is 2.06 bits per heavy atom. The summed E-state index contributed by atoms with van der Waals surface area (Å²) in [4.78, 5) is 11.5. The van der Waals surface area contributed by atoms with Crippen molar-refractivity contribution >= 4 is 5.97 Å². The molecule has 0 aromatic heterocycles. The molecule has 0 aliphatic heterocycles. The highest BCUT2D eigenvalue weighted by Gasteiger charge is 2.35. The Kier molecular flexibility index (Phi) is 3.93. The topological polar surface area (TPSA) is 52.3 Å². The van der Waals surface area contributed by atoms with E-state index in [9.17, 15) is 4.79 Å². The van der Waals surface area contributed by atoms with Gasteiger partial charge in [-0.1, -0.05) is 38.0 Å². The molecule has 0 spiro atoms. The van der Waals surface area contributed by atoms with Crippen molar-refractivity contribution in [2.24, 2.45) is 5.73 Å². The van der Waals surface area contributed by atoms with E-state index in [0.717, 1.165) is 11.1 Å². The number of ether oxygens (including phenoxy) is 1. The van der Waals surface area contributed by atoms with E-state index in [1.165, 1.54) is 7.11 Å². The van der Waals surface area contributed by atoms with E-state index in [0.29, 0.717) is 0 Å². The lowest BCUT2D eigenvalue weighted by atomic mass is 9.76. The van der Waals surface area contributed by atoms with Crippen molar-refractivity contribution < 1.29 is 9.53 Å². The van der Waals surface area contributed by atoms with E-state index >= 15 is 0 Å². The SMILES string of the molecule is C#Cc1ccccc1C(C)(C)C(N)C(=O)OC. The number of benzene rings is 1. The molecule has 1 atom stereocenters. The molecule has 90 valence electrons. The Morgan fingerprint density at radius 1 is 1.47 bits per heavy atom. The van der Waals surface area contributed by atoms with Crippen LogP contribution >= 0.6 is 0 Å². The molecule has 0 radical (unpaired) electrons. The van der Waals surface area contributed by atoms with Gasteiger partial charge in [0.25, 0.3) is 0 Å². The molecule has 1 aromatic rings. The lowest BCUT2D eigenvalue weighted by molar-refractivity contribution is -0.143. The fourth-order valence-electron chi connectivity index (χ4n) is 1.76. The molecule has 0 amide bonds. The fraction of sp³-hybridized carbons (Fsp3) is 0.357. The molecule has 1 unspecified atom stereocenters. The van der Waals surface area contributed by atoms with Gasteiger partial charge in [0.1, 0.15) is 6.04 Å². The lowest BCUT2D eigenvalue weighted by Gasteiger charge is -2.31. The largest absolute Gasteiger partial charge is 0.468 e. The van der Waals surface area contributed by atoms with E-state index < -0.39 is 17.4 Å². The van der Waals surface area contributed by atoms with Crippen LogP contribution in [0.2, 0.25) is 0 Å². The Bertz CT molecular complexity index is 458. The first kappa shape index (κ1) is 13.3. The Labute approximate surface area is 102 Å². The number of rotatable bonds is 3. The van der Waals surface area contributed by atoms with Crippen LogP contribution in [0.4, 0.5) is 0 Å². The monoisotopic (exact) mass is 231 g/mol. The van der Waals surface area contributed by atoms with E-state index in [1.807, 2.05) is 38.1 Å². The molecule has 3 nitrogen and oxygen atoms in total. The highest BCUT2D eigenvalue weighted by Crippen LogP contribution is 2.29. The number of carbonyl (C=O) groups excluding carboxylic acids is 1. The van der Waals surface area contributed by atoms with Crippen LogP contribution < -0.4 is 5.73 Å². The zero-order valence-electron chi connectivity index (χ0n) is 10.4. The van der Waals surface area contributed by atoms with Gasteiger partial charge in [-0.05, 0) is 11.6 Å². The third-order valence-electron chi connectivity index (χ3n) is 3.01. The molecule has 1 aromatic carbocycles. The summed E-state index contributed by atoms with van der Waals surface area (Å²) in [7, 11) is 1.32. The predicted molar refractivity (Wildman–Crippen MR) is 67.4 cm³/mol. The smallest absolute Gasteiger partial charge is 0.323 e. The average Bonchev–Trinajstić information content (AvgIpc) is 2.36. The third kappa shape index (κ3) is 2.48.